The Morgan fingerprint density at radius 3 is 2.59 bits per heavy atom. The van der Waals surface area contributed by atoms with Crippen molar-refractivity contribution in [3.05, 3.63) is 71.1 Å². The summed E-state index contributed by atoms with van der Waals surface area (Å²) in [6.07, 6.45) is 0.274. The molecule has 0 unspecified atom stereocenters. The summed E-state index contributed by atoms with van der Waals surface area (Å²) in [6, 6.07) is 13.6. The maximum Gasteiger partial charge on any atom is 0.338 e. The largest absolute Gasteiger partial charge is 0.449 e. The lowest BCUT2D eigenvalue weighted by Gasteiger charge is -2.14. The molecular formula is C19H16ClN3O4. The zero-order valence-electron chi connectivity index (χ0n) is 14.4. The molecule has 0 fully saturated rings. The van der Waals surface area contributed by atoms with Gasteiger partial charge in [0.2, 0.25) is 12.3 Å². The third-order valence-corrected chi connectivity index (χ3v) is 4.16. The van der Waals surface area contributed by atoms with Gasteiger partial charge in [0.15, 0.2) is 6.10 Å². The van der Waals surface area contributed by atoms with Crippen LogP contribution in [0.25, 0.3) is 11.5 Å². The summed E-state index contributed by atoms with van der Waals surface area (Å²) in [5.41, 5.74) is 1.77. The van der Waals surface area contributed by atoms with Gasteiger partial charge in [-0.2, -0.15) is 0 Å². The van der Waals surface area contributed by atoms with Crippen LogP contribution in [0.1, 0.15) is 22.8 Å². The predicted octanol–water partition coefficient (Wildman–Crippen LogP) is 3.25. The first-order valence-electron chi connectivity index (χ1n) is 8.13. The quantitative estimate of drug-likeness (QED) is 0.654. The molecule has 3 rings (SSSR count). The minimum Gasteiger partial charge on any atom is -0.449 e. The van der Waals surface area contributed by atoms with Gasteiger partial charge in [0.1, 0.15) is 0 Å². The summed E-state index contributed by atoms with van der Waals surface area (Å²) in [5, 5.41) is 10.6. The molecule has 0 aliphatic carbocycles. The Morgan fingerprint density at radius 2 is 1.93 bits per heavy atom. The third kappa shape index (κ3) is 4.71. The Hall–Kier alpha value is -3.19. The fourth-order valence-corrected chi connectivity index (χ4v) is 2.50. The smallest absolute Gasteiger partial charge is 0.338 e. The molecule has 1 aromatic heterocycles. The second-order valence-corrected chi connectivity index (χ2v) is 6.09. The maximum atomic E-state index is 12.2. The molecule has 1 heterocycles. The highest BCUT2D eigenvalue weighted by atomic mass is 35.5. The van der Waals surface area contributed by atoms with Crippen molar-refractivity contribution in [1.82, 2.24) is 15.5 Å². The average molecular weight is 386 g/mol. The Kier molecular flexibility index (Phi) is 5.83. The summed E-state index contributed by atoms with van der Waals surface area (Å²) < 4.78 is 10.3. The molecule has 27 heavy (non-hydrogen) atoms. The first-order valence-corrected chi connectivity index (χ1v) is 8.51. The minimum atomic E-state index is -0.949. The van der Waals surface area contributed by atoms with Crippen LogP contribution in [0, 0.1) is 0 Å². The molecule has 138 valence electrons. The van der Waals surface area contributed by atoms with E-state index in [-0.39, 0.29) is 6.54 Å². The second-order valence-electron chi connectivity index (χ2n) is 5.68. The third-order valence-electron chi connectivity index (χ3n) is 3.79. The Bertz CT molecular complexity index is 926. The number of ether oxygens (including phenoxy) is 1. The number of nitrogens with zero attached hydrogens (tertiary/aromatic N) is 2. The fraction of sp³-hybridized carbons (Fsp3) is 0.158. The molecule has 0 bridgehead atoms. The maximum absolute atomic E-state index is 12.2. The number of aromatic nitrogens is 2. The van der Waals surface area contributed by atoms with Crippen LogP contribution >= 0.6 is 11.6 Å². The van der Waals surface area contributed by atoms with Crippen molar-refractivity contribution < 1.29 is 18.7 Å². The molecule has 0 spiro atoms. The lowest BCUT2D eigenvalue weighted by molar-refractivity contribution is -0.129. The molecule has 3 aromatic rings. The molecule has 8 heteroatoms. The van der Waals surface area contributed by atoms with Gasteiger partial charge in [-0.25, -0.2) is 4.79 Å². The molecule has 0 saturated heterocycles. The summed E-state index contributed by atoms with van der Waals surface area (Å²) in [7, 11) is 0. The van der Waals surface area contributed by atoms with Crippen LogP contribution in [-0.2, 0) is 16.1 Å². The number of carbonyl (C=O) groups excluding carboxylic acids is 2. The van der Waals surface area contributed by atoms with Crippen LogP contribution in [0.3, 0.4) is 0 Å². The van der Waals surface area contributed by atoms with Gasteiger partial charge >= 0.3 is 5.97 Å². The normalized spacial score (nSPS) is 11.6. The van der Waals surface area contributed by atoms with E-state index in [1.54, 1.807) is 30.3 Å². The molecular weight excluding hydrogens is 370 g/mol. The van der Waals surface area contributed by atoms with E-state index in [0.29, 0.717) is 22.0 Å². The summed E-state index contributed by atoms with van der Waals surface area (Å²) in [5.74, 6) is -0.666. The SMILES string of the molecule is C[C@@H](OC(=O)c1ccc(-c2nnco2)cc1)C(=O)NCc1ccccc1Cl. The van der Waals surface area contributed by atoms with E-state index < -0.39 is 18.0 Å². The molecule has 0 aliphatic heterocycles. The van der Waals surface area contributed by atoms with Crippen LogP contribution in [0.5, 0.6) is 0 Å². The highest BCUT2D eigenvalue weighted by molar-refractivity contribution is 6.31. The van der Waals surface area contributed by atoms with E-state index in [0.717, 1.165) is 5.56 Å². The van der Waals surface area contributed by atoms with Crippen LogP contribution in [0.2, 0.25) is 5.02 Å². The fourth-order valence-electron chi connectivity index (χ4n) is 2.30. The monoisotopic (exact) mass is 385 g/mol. The summed E-state index contributed by atoms with van der Waals surface area (Å²) >= 11 is 6.05. The first-order chi connectivity index (χ1) is 13.0. The van der Waals surface area contributed by atoms with Gasteiger partial charge in [-0.15, -0.1) is 10.2 Å². The number of hydrogen-bond donors (Lipinski definition) is 1. The van der Waals surface area contributed by atoms with Gasteiger partial charge in [-0.1, -0.05) is 29.8 Å². The van der Waals surface area contributed by atoms with Crippen LogP contribution in [0.15, 0.2) is 59.3 Å². The number of benzene rings is 2. The van der Waals surface area contributed by atoms with Crippen molar-refractivity contribution in [3.63, 3.8) is 0 Å². The molecule has 7 nitrogen and oxygen atoms in total. The number of hydrogen-bond acceptors (Lipinski definition) is 6. The minimum absolute atomic E-state index is 0.249. The van der Waals surface area contributed by atoms with Gasteiger partial charge in [0, 0.05) is 17.1 Å². The second kappa shape index (κ2) is 8.46. The van der Waals surface area contributed by atoms with E-state index in [1.807, 2.05) is 18.2 Å². The molecule has 0 radical (unpaired) electrons. The first kappa shape index (κ1) is 18.6. The van der Waals surface area contributed by atoms with Crippen molar-refractivity contribution in [3.8, 4) is 11.5 Å². The molecule has 2 aromatic carbocycles. The standard InChI is InChI=1S/C19H16ClN3O4/c1-12(17(24)21-10-15-4-2-3-5-16(15)20)27-19(25)14-8-6-13(7-9-14)18-23-22-11-26-18/h2-9,11-12H,10H2,1H3,(H,21,24)/t12-/m1/s1. The number of esters is 1. The van der Waals surface area contributed by atoms with Gasteiger partial charge < -0.3 is 14.5 Å². The van der Waals surface area contributed by atoms with Crippen LogP contribution < -0.4 is 5.32 Å². The lowest BCUT2D eigenvalue weighted by Crippen LogP contribution is -2.35. The highest BCUT2D eigenvalue weighted by Crippen LogP contribution is 2.17. The highest BCUT2D eigenvalue weighted by Gasteiger charge is 2.19. The van der Waals surface area contributed by atoms with E-state index in [9.17, 15) is 9.59 Å². The van der Waals surface area contributed by atoms with Crippen molar-refractivity contribution >= 4 is 23.5 Å². The summed E-state index contributed by atoms with van der Waals surface area (Å²) in [6.45, 7) is 1.76. The topological polar surface area (TPSA) is 94.3 Å². The van der Waals surface area contributed by atoms with Crippen molar-refractivity contribution in [1.29, 1.82) is 0 Å². The summed E-state index contributed by atoms with van der Waals surface area (Å²) in [4.78, 5) is 24.4. The lowest BCUT2D eigenvalue weighted by atomic mass is 10.1. The zero-order chi connectivity index (χ0) is 19.2. The van der Waals surface area contributed by atoms with Crippen molar-refractivity contribution in [2.24, 2.45) is 0 Å². The number of amides is 1. The number of rotatable bonds is 6. The average Bonchev–Trinajstić information content (AvgIpc) is 3.22. The van der Waals surface area contributed by atoms with E-state index in [4.69, 9.17) is 20.8 Å². The van der Waals surface area contributed by atoms with Gasteiger partial charge in [-0.05, 0) is 42.8 Å². The van der Waals surface area contributed by atoms with Crippen molar-refractivity contribution in [2.45, 2.75) is 19.6 Å². The number of nitrogens with one attached hydrogen (secondary N) is 1. The molecule has 1 amide bonds. The van der Waals surface area contributed by atoms with Crippen LogP contribution in [-0.4, -0.2) is 28.2 Å². The Balaban J connectivity index is 1.55. The van der Waals surface area contributed by atoms with E-state index in [1.165, 1.54) is 13.3 Å². The molecule has 1 N–H and O–H groups in total. The van der Waals surface area contributed by atoms with Crippen LogP contribution in [0.4, 0.5) is 0 Å². The number of carbonyl (C=O) groups is 2. The van der Waals surface area contributed by atoms with Gasteiger partial charge in [0.05, 0.1) is 5.56 Å². The predicted molar refractivity (Wildman–Crippen MR) is 97.9 cm³/mol. The van der Waals surface area contributed by atoms with E-state index >= 15 is 0 Å². The molecule has 0 saturated carbocycles. The Labute approximate surface area is 160 Å². The van der Waals surface area contributed by atoms with Gasteiger partial charge in [0.25, 0.3) is 5.91 Å². The number of halogens is 1. The molecule has 1 atom stereocenters. The zero-order valence-corrected chi connectivity index (χ0v) is 15.1. The van der Waals surface area contributed by atoms with Gasteiger partial charge in [-0.3, -0.25) is 4.79 Å². The Morgan fingerprint density at radius 1 is 1.19 bits per heavy atom. The molecule has 0 aliphatic rings. The van der Waals surface area contributed by atoms with Crippen molar-refractivity contribution in [2.75, 3.05) is 0 Å². The van der Waals surface area contributed by atoms with E-state index in [2.05, 4.69) is 15.5 Å².